The average Bonchev–Trinajstić information content (AvgIpc) is 2.26. The lowest BCUT2D eigenvalue weighted by Crippen LogP contribution is -2.56. The molecule has 0 aromatic heterocycles. The molecule has 1 rings (SSSR count). The first-order chi connectivity index (χ1) is 7.14. The summed E-state index contributed by atoms with van der Waals surface area (Å²) in [5.41, 5.74) is 3.86. The van der Waals surface area contributed by atoms with Gasteiger partial charge in [0, 0.05) is 33.2 Å². The Bertz CT molecular complexity index is 219. The van der Waals surface area contributed by atoms with Gasteiger partial charge in [0.05, 0.1) is 11.6 Å². The predicted octanol–water partition coefficient (Wildman–Crippen LogP) is 0.980. The van der Waals surface area contributed by atoms with Gasteiger partial charge in [-0.15, -0.1) is 0 Å². The van der Waals surface area contributed by atoms with E-state index in [9.17, 15) is 0 Å². The number of nitrogens with two attached hydrogens (primary N) is 1. The van der Waals surface area contributed by atoms with Crippen molar-refractivity contribution in [2.24, 2.45) is 5.84 Å². The molecule has 1 heterocycles. The third kappa shape index (κ3) is 3.01. The summed E-state index contributed by atoms with van der Waals surface area (Å²) in [5.74, 6) is 5.60. The first kappa shape index (κ1) is 12.6. The molecule has 1 atom stereocenters. The largest absolute Gasteiger partial charge is 0.381 e. The zero-order valence-electron chi connectivity index (χ0n) is 9.88. The van der Waals surface area contributed by atoms with Crippen molar-refractivity contribution in [3.8, 4) is 0 Å². The lowest BCUT2D eigenvalue weighted by molar-refractivity contribution is -0.102. The van der Waals surface area contributed by atoms with Gasteiger partial charge in [-0.2, -0.15) is 0 Å². The molecule has 1 fully saturated rings. The van der Waals surface area contributed by atoms with Crippen LogP contribution in [0.1, 0.15) is 26.7 Å². The smallest absolute Gasteiger partial charge is 0.0923 e. The van der Waals surface area contributed by atoms with Gasteiger partial charge in [-0.3, -0.25) is 11.3 Å². The van der Waals surface area contributed by atoms with Crippen LogP contribution in [0, 0.1) is 0 Å². The van der Waals surface area contributed by atoms with E-state index >= 15 is 0 Å². The number of hydrazine groups is 1. The van der Waals surface area contributed by atoms with E-state index in [0.717, 1.165) is 26.1 Å². The Hall–Kier alpha value is -0.420. The Labute approximate surface area is 91.8 Å². The highest BCUT2D eigenvalue weighted by Crippen LogP contribution is 2.29. The summed E-state index contributed by atoms with van der Waals surface area (Å²) in [6.07, 6.45) is 3.87. The maximum atomic E-state index is 5.67. The van der Waals surface area contributed by atoms with Crippen molar-refractivity contribution < 1.29 is 9.47 Å². The fourth-order valence-corrected chi connectivity index (χ4v) is 2.04. The molecule has 0 aromatic carbocycles. The Morgan fingerprint density at radius 1 is 1.47 bits per heavy atom. The normalized spacial score (nSPS) is 22.1. The van der Waals surface area contributed by atoms with Gasteiger partial charge in [-0.1, -0.05) is 11.6 Å². The standard InChI is InChI=1S/C11H22N2O2/c1-9(2)8-10(13-12)11(14-3)4-6-15-7-5-11/h8,10,13H,4-7,12H2,1-3H3. The Balaban J connectivity index is 2.80. The molecule has 15 heavy (non-hydrogen) atoms. The van der Waals surface area contributed by atoms with Crippen molar-refractivity contribution in [1.82, 2.24) is 5.43 Å². The molecule has 1 unspecified atom stereocenters. The van der Waals surface area contributed by atoms with Gasteiger partial charge in [0.2, 0.25) is 0 Å². The first-order valence-corrected chi connectivity index (χ1v) is 5.38. The second-order valence-corrected chi connectivity index (χ2v) is 4.27. The minimum Gasteiger partial charge on any atom is -0.381 e. The van der Waals surface area contributed by atoms with Crippen molar-refractivity contribution in [1.29, 1.82) is 0 Å². The molecule has 0 aromatic rings. The maximum Gasteiger partial charge on any atom is 0.0923 e. The second-order valence-electron chi connectivity index (χ2n) is 4.27. The molecule has 4 nitrogen and oxygen atoms in total. The van der Waals surface area contributed by atoms with E-state index in [-0.39, 0.29) is 11.6 Å². The van der Waals surface area contributed by atoms with E-state index in [1.807, 2.05) is 0 Å². The molecule has 0 radical (unpaired) electrons. The maximum absolute atomic E-state index is 5.67. The number of rotatable bonds is 4. The van der Waals surface area contributed by atoms with Crippen LogP contribution in [0.15, 0.2) is 11.6 Å². The van der Waals surface area contributed by atoms with Gasteiger partial charge in [-0.05, 0) is 13.8 Å². The van der Waals surface area contributed by atoms with E-state index in [0.29, 0.717) is 0 Å². The molecule has 1 aliphatic rings. The first-order valence-electron chi connectivity index (χ1n) is 5.38. The summed E-state index contributed by atoms with van der Waals surface area (Å²) in [4.78, 5) is 0. The highest BCUT2D eigenvalue weighted by atomic mass is 16.5. The van der Waals surface area contributed by atoms with Crippen LogP contribution in [0.4, 0.5) is 0 Å². The Morgan fingerprint density at radius 3 is 2.47 bits per heavy atom. The van der Waals surface area contributed by atoms with Gasteiger partial charge in [0.25, 0.3) is 0 Å². The van der Waals surface area contributed by atoms with E-state index in [1.54, 1.807) is 7.11 Å². The van der Waals surface area contributed by atoms with Crippen LogP contribution in [-0.2, 0) is 9.47 Å². The van der Waals surface area contributed by atoms with Gasteiger partial charge in [-0.25, -0.2) is 0 Å². The number of ether oxygens (including phenoxy) is 2. The molecular formula is C11H22N2O2. The van der Waals surface area contributed by atoms with E-state index in [2.05, 4.69) is 25.3 Å². The van der Waals surface area contributed by atoms with Crippen molar-refractivity contribution >= 4 is 0 Å². The Kier molecular flexibility index (Phi) is 4.73. The van der Waals surface area contributed by atoms with Crippen LogP contribution in [-0.4, -0.2) is 32.0 Å². The SMILES string of the molecule is COC1(C(C=C(C)C)NN)CCOCC1. The van der Waals surface area contributed by atoms with Crippen LogP contribution in [0.2, 0.25) is 0 Å². The summed E-state index contributed by atoms with van der Waals surface area (Å²) in [6.45, 7) is 5.60. The third-order valence-electron chi connectivity index (χ3n) is 2.99. The predicted molar refractivity (Wildman–Crippen MR) is 60.3 cm³/mol. The number of nitrogens with one attached hydrogen (secondary N) is 1. The number of methoxy groups -OCH3 is 1. The summed E-state index contributed by atoms with van der Waals surface area (Å²) < 4.78 is 11.0. The molecule has 0 bridgehead atoms. The van der Waals surface area contributed by atoms with Crippen molar-refractivity contribution in [2.45, 2.75) is 38.3 Å². The second kappa shape index (κ2) is 5.61. The van der Waals surface area contributed by atoms with E-state index in [4.69, 9.17) is 15.3 Å². The zero-order chi connectivity index (χ0) is 11.3. The number of hydrogen-bond donors (Lipinski definition) is 2. The van der Waals surface area contributed by atoms with Crippen LogP contribution < -0.4 is 11.3 Å². The lowest BCUT2D eigenvalue weighted by Gasteiger charge is -2.40. The van der Waals surface area contributed by atoms with Gasteiger partial charge in [0.15, 0.2) is 0 Å². The van der Waals surface area contributed by atoms with Gasteiger partial charge < -0.3 is 9.47 Å². The minimum atomic E-state index is -0.218. The molecule has 3 N–H and O–H groups in total. The van der Waals surface area contributed by atoms with Gasteiger partial charge in [0.1, 0.15) is 0 Å². The summed E-state index contributed by atoms with van der Waals surface area (Å²) in [5, 5.41) is 0. The minimum absolute atomic E-state index is 0.0522. The van der Waals surface area contributed by atoms with Crippen molar-refractivity contribution in [3.63, 3.8) is 0 Å². The summed E-state index contributed by atoms with van der Waals surface area (Å²) >= 11 is 0. The molecule has 0 aliphatic carbocycles. The van der Waals surface area contributed by atoms with E-state index < -0.39 is 0 Å². The molecule has 4 heteroatoms. The Morgan fingerprint density at radius 2 is 2.07 bits per heavy atom. The molecule has 0 spiro atoms. The third-order valence-corrected chi connectivity index (χ3v) is 2.99. The fourth-order valence-electron chi connectivity index (χ4n) is 2.04. The number of hydrogen-bond acceptors (Lipinski definition) is 4. The topological polar surface area (TPSA) is 56.5 Å². The molecule has 0 saturated carbocycles. The van der Waals surface area contributed by atoms with Crippen LogP contribution in [0.25, 0.3) is 0 Å². The molecule has 1 aliphatic heterocycles. The zero-order valence-corrected chi connectivity index (χ0v) is 9.88. The highest BCUT2D eigenvalue weighted by molar-refractivity contribution is 5.09. The molecule has 0 amide bonds. The average molecular weight is 214 g/mol. The monoisotopic (exact) mass is 214 g/mol. The molecule has 1 saturated heterocycles. The summed E-state index contributed by atoms with van der Waals surface area (Å²) in [7, 11) is 1.74. The molecule has 88 valence electrons. The van der Waals surface area contributed by atoms with Crippen LogP contribution >= 0.6 is 0 Å². The lowest BCUT2D eigenvalue weighted by atomic mass is 9.85. The van der Waals surface area contributed by atoms with E-state index in [1.165, 1.54) is 5.57 Å². The van der Waals surface area contributed by atoms with Crippen LogP contribution in [0.3, 0.4) is 0 Å². The number of allylic oxidation sites excluding steroid dienone is 1. The van der Waals surface area contributed by atoms with Crippen molar-refractivity contribution in [3.05, 3.63) is 11.6 Å². The van der Waals surface area contributed by atoms with Crippen LogP contribution in [0.5, 0.6) is 0 Å². The highest BCUT2D eigenvalue weighted by Gasteiger charge is 2.39. The molecular weight excluding hydrogens is 192 g/mol. The summed E-state index contributed by atoms with van der Waals surface area (Å²) in [6, 6.07) is 0.0522. The van der Waals surface area contributed by atoms with Crippen molar-refractivity contribution in [2.75, 3.05) is 20.3 Å². The fraction of sp³-hybridized carbons (Fsp3) is 0.818. The quantitative estimate of drug-likeness (QED) is 0.416. The van der Waals surface area contributed by atoms with Gasteiger partial charge >= 0.3 is 0 Å².